The van der Waals surface area contributed by atoms with Crippen molar-refractivity contribution in [3.8, 4) is 22.3 Å². The molecule has 0 unspecified atom stereocenters. The maximum atomic E-state index is 14.9. The Bertz CT molecular complexity index is 2170. The van der Waals surface area contributed by atoms with Gasteiger partial charge in [-0.25, -0.2) is 28.3 Å². The predicted octanol–water partition coefficient (Wildman–Crippen LogP) is 6.76. The molecule has 0 radical (unpaired) electrons. The number of rotatable bonds is 10. The van der Waals surface area contributed by atoms with Crippen LogP contribution in [0.25, 0.3) is 44.3 Å². The van der Waals surface area contributed by atoms with E-state index in [0.717, 1.165) is 33.3 Å². The lowest BCUT2D eigenvalue weighted by Gasteiger charge is -2.29. The summed E-state index contributed by atoms with van der Waals surface area (Å²) in [6.45, 7) is 7.01. The van der Waals surface area contributed by atoms with Gasteiger partial charge in [0, 0.05) is 12.8 Å². The Morgan fingerprint density at radius 1 is 0.638 bits per heavy atom. The van der Waals surface area contributed by atoms with Gasteiger partial charge in [-0.15, -0.1) is 0 Å². The molecule has 306 valence electrons. The van der Waals surface area contributed by atoms with Crippen LogP contribution in [0.2, 0.25) is 0 Å². The van der Waals surface area contributed by atoms with E-state index in [4.69, 9.17) is 19.4 Å². The molecule has 2 aromatic heterocycles. The highest BCUT2D eigenvalue weighted by Crippen LogP contribution is 2.37. The van der Waals surface area contributed by atoms with Gasteiger partial charge in [0.2, 0.25) is 11.8 Å². The van der Waals surface area contributed by atoms with Crippen molar-refractivity contribution in [3.05, 3.63) is 72.3 Å². The highest BCUT2D eigenvalue weighted by atomic mass is 19.1. The number of nitrogens with zero attached hydrogens (tertiary/aromatic N) is 4. The third-order valence-electron chi connectivity index (χ3n) is 11.0. The first kappa shape index (κ1) is 40.1. The standard InChI is InChI=1S/C42H48F2N8O6/c1-21(2)35(49-41(55)57-5)39(53)51-19-27(43)17-33(51)37-45-29-13-11-25(15-31(29)47-37)23-7-9-24(10-8-23)26-12-14-30-32(16-26)48-38(46-30)34-18-28(44)20-52(34)40(54)36(22(3)4)50-42(56)58-6/h7-16,21-22,27-28,33-36H,17-20H2,1-6H3,(H,45,47)(H,46,48)(H,49,55)(H,50,56)/t27-,28-,33+,34+,35+,36+/m1/s1. The summed E-state index contributed by atoms with van der Waals surface area (Å²) in [5, 5.41) is 5.17. The van der Waals surface area contributed by atoms with Gasteiger partial charge in [0.15, 0.2) is 0 Å². The number of aromatic amines is 2. The number of carbonyl (C=O) groups is 4. The second kappa shape index (κ2) is 16.4. The van der Waals surface area contributed by atoms with Crippen molar-refractivity contribution in [2.75, 3.05) is 27.3 Å². The first-order valence-corrected chi connectivity index (χ1v) is 19.4. The number of nitrogens with one attached hydrogen (secondary N) is 4. The Morgan fingerprint density at radius 2 is 1.07 bits per heavy atom. The Morgan fingerprint density at radius 3 is 1.55 bits per heavy atom. The molecule has 7 rings (SSSR count). The van der Waals surface area contributed by atoms with Crippen LogP contribution >= 0.6 is 0 Å². The van der Waals surface area contributed by atoms with Crippen LogP contribution in [0.1, 0.15) is 64.3 Å². The van der Waals surface area contributed by atoms with E-state index in [9.17, 15) is 28.0 Å². The van der Waals surface area contributed by atoms with Crippen molar-refractivity contribution in [1.82, 2.24) is 40.4 Å². The third kappa shape index (κ3) is 8.04. The molecule has 2 aliphatic rings. The zero-order chi connectivity index (χ0) is 41.4. The minimum absolute atomic E-state index is 0.0833. The minimum Gasteiger partial charge on any atom is -0.453 e. The first-order chi connectivity index (χ1) is 27.7. The number of benzene rings is 3. The highest BCUT2D eigenvalue weighted by molar-refractivity contribution is 5.88. The topological polar surface area (TPSA) is 175 Å². The number of aromatic nitrogens is 4. The van der Waals surface area contributed by atoms with E-state index < -0.39 is 60.5 Å². The van der Waals surface area contributed by atoms with Gasteiger partial charge in [0.1, 0.15) is 36.1 Å². The molecule has 4 amide bonds. The minimum atomic E-state index is -1.24. The number of methoxy groups -OCH3 is 2. The van der Waals surface area contributed by atoms with Gasteiger partial charge in [0.05, 0.1) is 61.5 Å². The number of halogens is 2. The average molecular weight is 799 g/mol. The maximum absolute atomic E-state index is 14.9. The molecule has 4 heterocycles. The Kier molecular flexibility index (Phi) is 11.4. The molecule has 2 fully saturated rings. The van der Waals surface area contributed by atoms with Gasteiger partial charge in [-0.05, 0) is 58.4 Å². The van der Waals surface area contributed by atoms with Gasteiger partial charge in [-0.2, -0.15) is 0 Å². The zero-order valence-electron chi connectivity index (χ0n) is 33.2. The summed E-state index contributed by atoms with van der Waals surface area (Å²) < 4.78 is 39.1. The second-order valence-electron chi connectivity index (χ2n) is 15.7. The molecule has 0 spiro atoms. The number of amides is 4. The van der Waals surface area contributed by atoms with E-state index >= 15 is 0 Å². The van der Waals surface area contributed by atoms with Gasteiger partial charge >= 0.3 is 12.2 Å². The van der Waals surface area contributed by atoms with Crippen LogP contribution in [0.4, 0.5) is 18.4 Å². The molecule has 0 bridgehead atoms. The lowest BCUT2D eigenvalue weighted by atomic mass is 10.00. The zero-order valence-corrected chi connectivity index (χ0v) is 33.2. The Labute approximate surface area is 334 Å². The fraction of sp³-hybridized carbons (Fsp3) is 0.429. The second-order valence-corrected chi connectivity index (χ2v) is 15.7. The van der Waals surface area contributed by atoms with E-state index in [-0.39, 0.29) is 37.8 Å². The smallest absolute Gasteiger partial charge is 0.407 e. The van der Waals surface area contributed by atoms with E-state index in [2.05, 4.69) is 20.6 Å². The van der Waals surface area contributed by atoms with E-state index in [1.807, 2.05) is 60.7 Å². The van der Waals surface area contributed by atoms with Crippen molar-refractivity contribution >= 4 is 46.1 Å². The van der Waals surface area contributed by atoms with Gasteiger partial charge in [-0.1, -0.05) is 64.1 Å². The molecule has 6 atom stereocenters. The number of fused-ring (bicyclic) bond motifs is 2. The number of alkyl carbamates (subject to hydrolysis) is 2. The number of alkyl halides is 2. The summed E-state index contributed by atoms with van der Waals surface area (Å²) in [6, 6.07) is 16.6. The first-order valence-electron chi connectivity index (χ1n) is 19.4. The lowest BCUT2D eigenvalue weighted by molar-refractivity contribution is -0.136. The Hall–Kier alpha value is -6.06. The van der Waals surface area contributed by atoms with Crippen LogP contribution in [-0.4, -0.2) is 105 Å². The molecule has 2 aliphatic heterocycles. The summed E-state index contributed by atoms with van der Waals surface area (Å²) in [5.41, 5.74) is 6.57. The number of carbonyl (C=O) groups excluding carboxylic acids is 4. The molecule has 0 aliphatic carbocycles. The van der Waals surface area contributed by atoms with Crippen LogP contribution in [0.15, 0.2) is 60.7 Å². The SMILES string of the molecule is COC(=O)N[C@H](C(=O)N1C[C@H](F)C[C@H]1c1nc2cc(-c3ccc(-c4ccc5nc([C@@H]6C[C@@H](F)CN6C(=O)[C@@H](NC(=O)OC)C(C)C)[nH]c5c4)cc3)ccc2[nH]1)C(C)C. The van der Waals surface area contributed by atoms with Crippen LogP contribution in [0.5, 0.6) is 0 Å². The molecule has 5 aromatic rings. The van der Waals surface area contributed by atoms with Gasteiger partial charge in [0.25, 0.3) is 0 Å². The fourth-order valence-corrected chi connectivity index (χ4v) is 7.92. The van der Waals surface area contributed by atoms with Crippen LogP contribution < -0.4 is 10.6 Å². The fourth-order valence-electron chi connectivity index (χ4n) is 7.92. The van der Waals surface area contributed by atoms with Crippen molar-refractivity contribution in [3.63, 3.8) is 0 Å². The van der Waals surface area contributed by atoms with Crippen LogP contribution in [0.3, 0.4) is 0 Å². The number of H-pyrrole nitrogens is 2. The van der Waals surface area contributed by atoms with E-state index in [0.29, 0.717) is 22.7 Å². The number of likely N-dealkylation sites (tertiary alicyclic amines) is 2. The quantitative estimate of drug-likeness (QED) is 0.120. The summed E-state index contributed by atoms with van der Waals surface area (Å²) >= 11 is 0. The number of imidazole rings is 2. The summed E-state index contributed by atoms with van der Waals surface area (Å²) in [5.74, 6) is -0.350. The van der Waals surface area contributed by atoms with Crippen LogP contribution in [-0.2, 0) is 19.1 Å². The average Bonchev–Trinajstić information content (AvgIpc) is 4.01. The molecule has 58 heavy (non-hydrogen) atoms. The molecule has 4 N–H and O–H groups in total. The number of hydrogen-bond donors (Lipinski definition) is 4. The third-order valence-corrected chi connectivity index (χ3v) is 11.0. The van der Waals surface area contributed by atoms with Crippen molar-refractivity contribution in [2.45, 2.75) is 77.0 Å². The largest absolute Gasteiger partial charge is 0.453 e. The summed E-state index contributed by atoms with van der Waals surface area (Å²) in [6.07, 6.45) is -3.77. The molecule has 2 saturated heterocycles. The summed E-state index contributed by atoms with van der Waals surface area (Å²) in [7, 11) is 2.45. The van der Waals surface area contributed by atoms with Crippen LogP contribution in [0, 0.1) is 11.8 Å². The normalized spacial score (nSPS) is 20.5. The number of hydrogen-bond acceptors (Lipinski definition) is 8. The highest BCUT2D eigenvalue weighted by Gasteiger charge is 2.43. The Balaban J connectivity index is 1.08. The van der Waals surface area contributed by atoms with Gasteiger partial charge in [-0.3, -0.25) is 9.59 Å². The molecule has 14 nitrogen and oxygen atoms in total. The molecular weight excluding hydrogens is 751 g/mol. The van der Waals surface area contributed by atoms with E-state index in [1.165, 1.54) is 24.0 Å². The van der Waals surface area contributed by atoms with Crippen molar-refractivity contribution in [1.29, 1.82) is 0 Å². The van der Waals surface area contributed by atoms with Crippen molar-refractivity contribution < 1.29 is 37.4 Å². The molecule has 0 saturated carbocycles. The number of ether oxygens (including phenoxy) is 2. The maximum Gasteiger partial charge on any atom is 0.407 e. The molecule has 16 heteroatoms. The molecular formula is C42H48F2N8O6. The van der Waals surface area contributed by atoms with Gasteiger partial charge < -0.3 is 39.9 Å². The monoisotopic (exact) mass is 798 g/mol. The van der Waals surface area contributed by atoms with E-state index in [1.54, 1.807) is 27.7 Å². The lowest BCUT2D eigenvalue weighted by Crippen LogP contribution is -2.51. The molecule has 3 aromatic carbocycles. The van der Waals surface area contributed by atoms with Crippen molar-refractivity contribution in [2.24, 2.45) is 11.8 Å². The summed E-state index contributed by atoms with van der Waals surface area (Å²) in [4.78, 5) is 70.2. The predicted molar refractivity (Wildman–Crippen MR) is 213 cm³/mol.